The highest BCUT2D eigenvalue weighted by Crippen LogP contribution is 2.18. The van der Waals surface area contributed by atoms with Gasteiger partial charge in [-0.05, 0) is 50.0 Å². The van der Waals surface area contributed by atoms with E-state index in [-0.39, 0.29) is 0 Å². The van der Waals surface area contributed by atoms with Crippen LogP contribution in [0, 0.1) is 5.92 Å². The maximum atomic E-state index is 2.39. The summed E-state index contributed by atoms with van der Waals surface area (Å²) in [7, 11) is 0. The van der Waals surface area contributed by atoms with E-state index in [1.807, 2.05) is 0 Å². The fourth-order valence-corrected chi connectivity index (χ4v) is 2.34. The Morgan fingerprint density at radius 2 is 2.06 bits per heavy atom. The molecule has 1 aliphatic rings. The van der Waals surface area contributed by atoms with Crippen LogP contribution in [0.3, 0.4) is 0 Å². The highest BCUT2D eigenvalue weighted by Gasteiger charge is 2.02. The van der Waals surface area contributed by atoms with E-state index in [1.54, 1.807) is 0 Å². The van der Waals surface area contributed by atoms with E-state index in [0.29, 0.717) is 5.92 Å². The zero-order valence-electron chi connectivity index (χ0n) is 10.5. The Morgan fingerprint density at radius 1 is 1.18 bits per heavy atom. The van der Waals surface area contributed by atoms with Crippen LogP contribution in [-0.4, -0.2) is 0 Å². The smallest absolute Gasteiger partial charge is 0.00534 e. The molecule has 0 saturated carbocycles. The van der Waals surface area contributed by atoms with Gasteiger partial charge in [-0.15, -0.1) is 0 Å². The summed E-state index contributed by atoms with van der Waals surface area (Å²) in [6.45, 7) is 0. The van der Waals surface area contributed by atoms with Crippen LogP contribution in [0.1, 0.15) is 37.7 Å². The molecule has 0 heteroatoms. The molecule has 0 bridgehead atoms. The number of hydrogen-bond donors (Lipinski definition) is 0. The van der Waals surface area contributed by atoms with Crippen LogP contribution in [0.5, 0.6) is 0 Å². The van der Waals surface area contributed by atoms with Gasteiger partial charge < -0.3 is 0 Å². The van der Waals surface area contributed by atoms with E-state index in [1.165, 1.54) is 44.1 Å². The van der Waals surface area contributed by atoms with Gasteiger partial charge in [-0.3, -0.25) is 0 Å². The normalized spacial score (nSPS) is 19.9. The Bertz CT molecular complexity index is 359. The van der Waals surface area contributed by atoms with E-state index < -0.39 is 0 Å². The number of rotatable bonds is 5. The van der Waals surface area contributed by atoms with E-state index in [9.17, 15) is 0 Å². The number of hydrogen-bond acceptors (Lipinski definition) is 0. The molecule has 0 unspecified atom stereocenters. The minimum atomic E-state index is 0.709. The van der Waals surface area contributed by atoms with Crippen LogP contribution in [-0.2, 0) is 6.42 Å². The van der Waals surface area contributed by atoms with Gasteiger partial charge in [-0.2, -0.15) is 0 Å². The Kier molecular flexibility index (Phi) is 5.09. The van der Waals surface area contributed by atoms with E-state index in [0.717, 1.165) is 0 Å². The highest BCUT2D eigenvalue weighted by molar-refractivity contribution is 5.14. The lowest BCUT2D eigenvalue weighted by Crippen LogP contribution is -1.96. The number of unbranched alkanes of at least 4 members (excludes halogenated alkanes) is 1. The van der Waals surface area contributed by atoms with Crippen LogP contribution in [0.2, 0.25) is 0 Å². The Morgan fingerprint density at radius 3 is 2.82 bits per heavy atom. The minimum absolute atomic E-state index is 0.709. The summed E-state index contributed by atoms with van der Waals surface area (Å²) in [5.41, 5.74) is 1.46. The average Bonchev–Trinajstić information content (AvgIpc) is 2.41. The van der Waals surface area contributed by atoms with Crippen LogP contribution in [0.25, 0.3) is 0 Å². The second-order valence-corrected chi connectivity index (χ2v) is 4.83. The predicted molar refractivity (Wildman–Crippen MR) is 75.0 cm³/mol. The molecule has 1 aliphatic carbocycles. The van der Waals surface area contributed by atoms with E-state index >= 15 is 0 Å². The lowest BCUT2D eigenvalue weighted by atomic mass is 9.95. The molecule has 0 aliphatic heterocycles. The molecule has 0 spiro atoms. The number of allylic oxidation sites excluding steroid dienone is 4. The van der Waals surface area contributed by atoms with Gasteiger partial charge in [0.25, 0.3) is 0 Å². The third-order valence-corrected chi connectivity index (χ3v) is 3.35. The van der Waals surface area contributed by atoms with Crippen molar-refractivity contribution >= 4 is 0 Å². The molecule has 1 aromatic rings. The lowest BCUT2D eigenvalue weighted by Gasteiger charge is -2.11. The van der Waals surface area contributed by atoms with Crippen molar-refractivity contribution in [2.24, 2.45) is 5.92 Å². The molecule has 0 heterocycles. The molecule has 2 rings (SSSR count). The Balaban J connectivity index is 1.64. The van der Waals surface area contributed by atoms with Crippen LogP contribution >= 0.6 is 0 Å². The van der Waals surface area contributed by atoms with E-state index in [2.05, 4.69) is 54.6 Å². The molecule has 1 aromatic carbocycles. The van der Waals surface area contributed by atoms with Crippen molar-refractivity contribution in [3.63, 3.8) is 0 Å². The van der Waals surface area contributed by atoms with Crippen molar-refractivity contribution in [2.75, 3.05) is 0 Å². The van der Waals surface area contributed by atoms with Crippen molar-refractivity contribution in [3.05, 3.63) is 60.2 Å². The van der Waals surface area contributed by atoms with Crippen molar-refractivity contribution in [3.8, 4) is 0 Å². The zero-order valence-corrected chi connectivity index (χ0v) is 10.5. The highest BCUT2D eigenvalue weighted by atomic mass is 14.1. The van der Waals surface area contributed by atoms with Crippen molar-refractivity contribution < 1.29 is 0 Å². The minimum Gasteiger partial charge on any atom is -0.0879 e. The molecule has 17 heavy (non-hydrogen) atoms. The summed E-state index contributed by atoms with van der Waals surface area (Å²) in [6.07, 6.45) is 17.1. The molecule has 0 saturated heterocycles. The second-order valence-electron chi connectivity index (χ2n) is 4.83. The summed E-state index contributed by atoms with van der Waals surface area (Å²) < 4.78 is 0. The van der Waals surface area contributed by atoms with Gasteiger partial charge in [0.2, 0.25) is 0 Å². The summed E-state index contributed by atoms with van der Waals surface area (Å²) in [5.74, 6) is 0.709. The van der Waals surface area contributed by atoms with Crippen molar-refractivity contribution in [1.29, 1.82) is 0 Å². The van der Waals surface area contributed by atoms with Crippen LogP contribution < -0.4 is 0 Å². The Labute approximate surface area is 105 Å². The largest absolute Gasteiger partial charge is 0.0879 e. The van der Waals surface area contributed by atoms with Crippen molar-refractivity contribution in [2.45, 2.75) is 38.5 Å². The summed E-state index contributed by atoms with van der Waals surface area (Å²) in [5, 5.41) is 0. The first-order valence-electron chi connectivity index (χ1n) is 6.82. The zero-order chi connectivity index (χ0) is 11.8. The molecule has 0 amide bonds. The van der Waals surface area contributed by atoms with Crippen LogP contribution in [0.15, 0.2) is 54.6 Å². The Hall–Kier alpha value is -1.30. The third-order valence-electron chi connectivity index (χ3n) is 3.35. The predicted octanol–water partition coefficient (Wildman–Crippen LogP) is 4.92. The first-order chi connectivity index (χ1) is 8.45. The second kappa shape index (κ2) is 7.11. The molecule has 0 N–H and O–H groups in total. The summed E-state index contributed by atoms with van der Waals surface area (Å²) >= 11 is 0. The van der Waals surface area contributed by atoms with Gasteiger partial charge in [-0.25, -0.2) is 0 Å². The standard InChI is InChI=1S/C17H22/c1-4-10-16(11-5-1)14-8-3-9-15-17-12-6-2-7-13-17/h1,4-6,9-12,15,17H,2-3,7-8,13-14H2/b15-9+/t17-/m0/s1. The van der Waals surface area contributed by atoms with Gasteiger partial charge >= 0.3 is 0 Å². The molecule has 0 radical (unpaired) electrons. The fraction of sp³-hybridized carbons (Fsp3) is 0.412. The van der Waals surface area contributed by atoms with Crippen molar-refractivity contribution in [1.82, 2.24) is 0 Å². The van der Waals surface area contributed by atoms with E-state index in [4.69, 9.17) is 0 Å². The molecule has 0 aromatic heterocycles. The first kappa shape index (κ1) is 12.2. The lowest BCUT2D eigenvalue weighted by molar-refractivity contribution is 0.628. The number of aryl methyl sites for hydroxylation is 1. The molecule has 0 fully saturated rings. The molecule has 0 nitrogen and oxygen atoms in total. The first-order valence-corrected chi connectivity index (χ1v) is 6.82. The number of benzene rings is 1. The van der Waals surface area contributed by atoms with Gasteiger partial charge in [0.05, 0.1) is 0 Å². The topological polar surface area (TPSA) is 0 Å². The average molecular weight is 226 g/mol. The van der Waals surface area contributed by atoms with Crippen LogP contribution in [0.4, 0.5) is 0 Å². The van der Waals surface area contributed by atoms with Gasteiger partial charge in [0.15, 0.2) is 0 Å². The SMILES string of the molecule is C1=C[C@H](/C=C/CCCc2ccccc2)CCC1. The fourth-order valence-electron chi connectivity index (χ4n) is 2.34. The van der Waals surface area contributed by atoms with Gasteiger partial charge in [0.1, 0.15) is 0 Å². The molecular formula is C17H22. The molecular weight excluding hydrogens is 204 g/mol. The van der Waals surface area contributed by atoms with Gasteiger partial charge in [-0.1, -0.05) is 54.6 Å². The summed E-state index contributed by atoms with van der Waals surface area (Å²) in [6, 6.07) is 10.8. The maximum absolute atomic E-state index is 2.39. The van der Waals surface area contributed by atoms with Gasteiger partial charge in [0, 0.05) is 0 Å². The monoisotopic (exact) mass is 226 g/mol. The molecule has 1 atom stereocenters. The molecule has 90 valence electrons. The quantitative estimate of drug-likeness (QED) is 0.493. The maximum Gasteiger partial charge on any atom is -0.00534 e. The summed E-state index contributed by atoms with van der Waals surface area (Å²) in [4.78, 5) is 0. The third kappa shape index (κ3) is 4.60.